The van der Waals surface area contributed by atoms with Crippen LogP contribution in [-0.2, 0) is 6.54 Å². The molecule has 0 bridgehead atoms. The number of aliphatic hydroxyl groups is 1. The third-order valence-corrected chi connectivity index (χ3v) is 2.90. The van der Waals surface area contributed by atoms with Crippen LogP contribution in [0.15, 0.2) is 16.7 Å². The van der Waals surface area contributed by atoms with Crippen LogP contribution in [0.4, 0.5) is 0 Å². The molecule has 1 fully saturated rings. The number of furan rings is 1. The molecule has 2 N–H and O–H groups in total. The van der Waals surface area contributed by atoms with Crippen molar-refractivity contribution >= 4 is 0 Å². The van der Waals surface area contributed by atoms with E-state index in [0.717, 1.165) is 31.7 Å². The highest BCUT2D eigenvalue weighted by Gasteiger charge is 2.26. The first kappa shape index (κ1) is 9.74. The minimum absolute atomic E-state index is 0.0489. The molecular formula is C11H17NO2. The Labute approximate surface area is 84.1 Å². The number of rotatable bonds is 4. The van der Waals surface area contributed by atoms with Gasteiger partial charge in [0.1, 0.15) is 5.76 Å². The van der Waals surface area contributed by atoms with E-state index in [4.69, 9.17) is 9.52 Å². The lowest BCUT2D eigenvalue weighted by Crippen LogP contribution is -2.35. The molecule has 1 heterocycles. The van der Waals surface area contributed by atoms with Gasteiger partial charge in [-0.05, 0) is 43.9 Å². The van der Waals surface area contributed by atoms with Crippen molar-refractivity contribution in [3.63, 3.8) is 0 Å². The quantitative estimate of drug-likeness (QED) is 0.764. The third-order valence-electron chi connectivity index (χ3n) is 2.90. The lowest BCUT2D eigenvalue weighted by molar-refractivity contribution is 0.0428. The van der Waals surface area contributed by atoms with Crippen LogP contribution in [0, 0.1) is 12.8 Å². The van der Waals surface area contributed by atoms with E-state index in [1.165, 1.54) is 5.56 Å². The second-order valence-corrected chi connectivity index (χ2v) is 4.15. The summed E-state index contributed by atoms with van der Waals surface area (Å²) in [5, 5.41) is 12.4. The lowest BCUT2D eigenvalue weighted by atomic mass is 9.82. The second kappa shape index (κ2) is 4.15. The van der Waals surface area contributed by atoms with Gasteiger partial charge in [-0.3, -0.25) is 0 Å². The summed E-state index contributed by atoms with van der Waals surface area (Å²) in [5.74, 6) is 1.67. The summed E-state index contributed by atoms with van der Waals surface area (Å²) < 4.78 is 5.31. The van der Waals surface area contributed by atoms with Gasteiger partial charge in [-0.2, -0.15) is 0 Å². The van der Waals surface area contributed by atoms with E-state index in [-0.39, 0.29) is 6.10 Å². The normalized spacial score (nSPS) is 26.1. The molecule has 1 aromatic heterocycles. The van der Waals surface area contributed by atoms with E-state index in [0.29, 0.717) is 5.92 Å². The number of hydrogen-bond acceptors (Lipinski definition) is 3. The molecule has 3 heteroatoms. The molecule has 3 nitrogen and oxygen atoms in total. The van der Waals surface area contributed by atoms with Crippen LogP contribution in [0.3, 0.4) is 0 Å². The van der Waals surface area contributed by atoms with Crippen LogP contribution in [0.2, 0.25) is 0 Å². The fourth-order valence-corrected chi connectivity index (χ4v) is 1.84. The smallest absolute Gasteiger partial charge is 0.120 e. The van der Waals surface area contributed by atoms with Crippen molar-refractivity contribution in [2.45, 2.75) is 32.4 Å². The Balaban J connectivity index is 1.66. The summed E-state index contributed by atoms with van der Waals surface area (Å²) >= 11 is 0. The van der Waals surface area contributed by atoms with Crippen molar-refractivity contribution in [2.24, 2.45) is 5.92 Å². The SMILES string of the molecule is Cc1ccoc1CNCC1CC(O)C1. The summed E-state index contributed by atoms with van der Waals surface area (Å²) in [5.41, 5.74) is 1.20. The van der Waals surface area contributed by atoms with E-state index in [1.807, 2.05) is 13.0 Å². The first-order chi connectivity index (χ1) is 6.75. The maximum absolute atomic E-state index is 9.10. The van der Waals surface area contributed by atoms with Crippen molar-refractivity contribution < 1.29 is 9.52 Å². The van der Waals surface area contributed by atoms with Gasteiger partial charge in [0.15, 0.2) is 0 Å². The summed E-state index contributed by atoms with van der Waals surface area (Å²) in [4.78, 5) is 0. The highest BCUT2D eigenvalue weighted by atomic mass is 16.3. The van der Waals surface area contributed by atoms with Crippen LogP contribution < -0.4 is 5.32 Å². The molecule has 0 aromatic carbocycles. The second-order valence-electron chi connectivity index (χ2n) is 4.15. The Morgan fingerprint density at radius 2 is 2.36 bits per heavy atom. The first-order valence-electron chi connectivity index (χ1n) is 5.17. The molecule has 1 aliphatic rings. The molecule has 1 saturated carbocycles. The average Bonchev–Trinajstić information content (AvgIpc) is 2.49. The van der Waals surface area contributed by atoms with Crippen LogP contribution in [0.1, 0.15) is 24.2 Å². The third kappa shape index (κ3) is 2.16. The van der Waals surface area contributed by atoms with Gasteiger partial charge in [-0.15, -0.1) is 0 Å². The summed E-state index contributed by atoms with van der Waals surface area (Å²) in [7, 11) is 0. The fourth-order valence-electron chi connectivity index (χ4n) is 1.84. The maximum atomic E-state index is 9.10. The Kier molecular flexibility index (Phi) is 2.89. The van der Waals surface area contributed by atoms with Crippen molar-refractivity contribution in [3.8, 4) is 0 Å². The summed E-state index contributed by atoms with van der Waals surface area (Å²) in [6.07, 6.45) is 3.57. The fraction of sp³-hybridized carbons (Fsp3) is 0.636. The van der Waals surface area contributed by atoms with Crippen LogP contribution in [-0.4, -0.2) is 17.8 Å². The van der Waals surface area contributed by atoms with Crippen molar-refractivity contribution in [1.82, 2.24) is 5.32 Å². The Morgan fingerprint density at radius 3 is 2.93 bits per heavy atom. The van der Waals surface area contributed by atoms with E-state index >= 15 is 0 Å². The van der Waals surface area contributed by atoms with Gasteiger partial charge in [-0.1, -0.05) is 0 Å². The van der Waals surface area contributed by atoms with Gasteiger partial charge in [0.2, 0.25) is 0 Å². The largest absolute Gasteiger partial charge is 0.468 e. The monoisotopic (exact) mass is 195 g/mol. The number of aryl methyl sites for hydroxylation is 1. The molecule has 0 amide bonds. The standard InChI is InChI=1S/C11H17NO2/c1-8-2-3-14-11(8)7-12-6-9-4-10(13)5-9/h2-3,9-10,12-13H,4-7H2,1H3. The van der Waals surface area contributed by atoms with Gasteiger partial charge >= 0.3 is 0 Å². The molecule has 0 saturated heterocycles. The molecule has 2 rings (SSSR count). The topological polar surface area (TPSA) is 45.4 Å². The molecule has 0 spiro atoms. The molecule has 1 aromatic rings. The number of aliphatic hydroxyl groups excluding tert-OH is 1. The summed E-state index contributed by atoms with van der Waals surface area (Å²) in [6.45, 7) is 3.83. The zero-order valence-corrected chi connectivity index (χ0v) is 8.49. The predicted molar refractivity (Wildman–Crippen MR) is 53.9 cm³/mol. The van der Waals surface area contributed by atoms with Crippen LogP contribution >= 0.6 is 0 Å². The highest BCUT2D eigenvalue weighted by Crippen LogP contribution is 2.26. The molecule has 0 aliphatic heterocycles. The van der Waals surface area contributed by atoms with E-state index in [2.05, 4.69) is 5.32 Å². The zero-order chi connectivity index (χ0) is 9.97. The maximum Gasteiger partial charge on any atom is 0.120 e. The van der Waals surface area contributed by atoms with Gasteiger partial charge in [0.05, 0.1) is 18.9 Å². The van der Waals surface area contributed by atoms with E-state index < -0.39 is 0 Å². The Hall–Kier alpha value is -0.800. The van der Waals surface area contributed by atoms with E-state index in [9.17, 15) is 0 Å². The lowest BCUT2D eigenvalue weighted by Gasteiger charge is -2.31. The molecular weight excluding hydrogens is 178 g/mol. The van der Waals surface area contributed by atoms with Gasteiger partial charge in [0, 0.05) is 0 Å². The van der Waals surface area contributed by atoms with Crippen molar-refractivity contribution in [1.29, 1.82) is 0 Å². The molecule has 1 aliphatic carbocycles. The zero-order valence-electron chi connectivity index (χ0n) is 8.49. The van der Waals surface area contributed by atoms with Crippen molar-refractivity contribution in [3.05, 3.63) is 23.7 Å². The van der Waals surface area contributed by atoms with Crippen LogP contribution in [0.25, 0.3) is 0 Å². The number of nitrogens with one attached hydrogen (secondary N) is 1. The van der Waals surface area contributed by atoms with Crippen molar-refractivity contribution in [2.75, 3.05) is 6.54 Å². The van der Waals surface area contributed by atoms with Gasteiger partial charge < -0.3 is 14.8 Å². The van der Waals surface area contributed by atoms with E-state index in [1.54, 1.807) is 6.26 Å². The summed E-state index contributed by atoms with van der Waals surface area (Å²) in [6, 6.07) is 1.98. The predicted octanol–water partition coefficient (Wildman–Crippen LogP) is 1.45. The average molecular weight is 195 g/mol. The number of hydrogen-bond donors (Lipinski definition) is 2. The minimum Gasteiger partial charge on any atom is -0.468 e. The highest BCUT2D eigenvalue weighted by molar-refractivity contribution is 5.14. The first-order valence-corrected chi connectivity index (χ1v) is 5.17. The Bertz CT molecular complexity index is 289. The minimum atomic E-state index is -0.0489. The molecule has 0 unspecified atom stereocenters. The van der Waals surface area contributed by atoms with Gasteiger partial charge in [0.25, 0.3) is 0 Å². The molecule has 0 radical (unpaired) electrons. The van der Waals surface area contributed by atoms with Crippen LogP contribution in [0.5, 0.6) is 0 Å². The van der Waals surface area contributed by atoms with Gasteiger partial charge in [-0.25, -0.2) is 0 Å². The molecule has 0 atom stereocenters. The Morgan fingerprint density at radius 1 is 1.57 bits per heavy atom. The molecule has 14 heavy (non-hydrogen) atoms. The molecule has 78 valence electrons.